The van der Waals surface area contributed by atoms with Crippen LogP contribution in [0.25, 0.3) is 5.69 Å². The molecule has 0 saturated carbocycles. The number of halogens is 4. The number of nitrogens with two attached hydrogens (primary N) is 1. The van der Waals surface area contributed by atoms with Gasteiger partial charge in [-0.1, -0.05) is 15.9 Å². The van der Waals surface area contributed by atoms with Crippen LogP contribution in [0.4, 0.5) is 13.2 Å². The SMILES string of the molecule is CC(C)(N)c1cncn1-c1cc(Br)cc(C(F)(F)F)c1. The summed E-state index contributed by atoms with van der Waals surface area (Å²) in [5.41, 5.74) is 5.56. The molecular formula is C13H13BrF3N3. The lowest BCUT2D eigenvalue weighted by Crippen LogP contribution is -2.31. The Morgan fingerprint density at radius 1 is 1.20 bits per heavy atom. The normalized spacial score (nSPS) is 12.8. The Labute approximate surface area is 122 Å². The zero-order chi connectivity index (χ0) is 15.1. The van der Waals surface area contributed by atoms with Gasteiger partial charge in [-0.2, -0.15) is 13.2 Å². The largest absolute Gasteiger partial charge is 0.416 e. The Kier molecular flexibility index (Phi) is 3.68. The zero-order valence-corrected chi connectivity index (χ0v) is 12.5. The lowest BCUT2D eigenvalue weighted by Gasteiger charge is -2.21. The van der Waals surface area contributed by atoms with Crippen LogP contribution in [0.1, 0.15) is 25.1 Å². The Morgan fingerprint density at radius 2 is 1.85 bits per heavy atom. The van der Waals surface area contributed by atoms with Gasteiger partial charge in [-0.25, -0.2) is 4.98 Å². The van der Waals surface area contributed by atoms with Gasteiger partial charge in [0.2, 0.25) is 0 Å². The number of nitrogens with zero attached hydrogens (tertiary/aromatic N) is 2. The molecule has 1 aromatic carbocycles. The van der Waals surface area contributed by atoms with Crippen molar-refractivity contribution in [3.63, 3.8) is 0 Å². The van der Waals surface area contributed by atoms with Gasteiger partial charge in [-0.15, -0.1) is 0 Å². The molecule has 7 heteroatoms. The van der Waals surface area contributed by atoms with Crippen molar-refractivity contribution in [1.82, 2.24) is 9.55 Å². The highest BCUT2D eigenvalue weighted by atomic mass is 79.9. The fourth-order valence-electron chi connectivity index (χ4n) is 1.85. The van der Waals surface area contributed by atoms with E-state index in [0.29, 0.717) is 15.9 Å². The molecule has 3 nitrogen and oxygen atoms in total. The predicted octanol–water partition coefficient (Wildman–Crippen LogP) is 3.85. The molecule has 0 aliphatic carbocycles. The molecule has 0 aliphatic heterocycles. The average molecular weight is 348 g/mol. The van der Waals surface area contributed by atoms with E-state index >= 15 is 0 Å². The molecule has 0 unspecified atom stereocenters. The van der Waals surface area contributed by atoms with Crippen LogP contribution in [0.3, 0.4) is 0 Å². The van der Waals surface area contributed by atoms with Crippen molar-refractivity contribution in [3.8, 4) is 5.69 Å². The van der Waals surface area contributed by atoms with Gasteiger partial charge in [0, 0.05) is 10.2 Å². The molecule has 0 amide bonds. The highest BCUT2D eigenvalue weighted by Gasteiger charge is 2.31. The lowest BCUT2D eigenvalue weighted by atomic mass is 10.0. The second kappa shape index (κ2) is 4.89. The van der Waals surface area contributed by atoms with E-state index in [0.717, 1.165) is 12.1 Å². The van der Waals surface area contributed by atoms with E-state index in [1.807, 2.05) is 0 Å². The number of rotatable bonds is 2. The Hall–Kier alpha value is -1.34. The first-order valence-corrected chi connectivity index (χ1v) is 6.58. The minimum Gasteiger partial charge on any atom is -0.321 e. The molecule has 1 aromatic heterocycles. The van der Waals surface area contributed by atoms with E-state index in [1.54, 1.807) is 30.7 Å². The second-order valence-electron chi connectivity index (χ2n) is 5.07. The number of benzene rings is 1. The molecule has 108 valence electrons. The minimum atomic E-state index is -4.41. The van der Waals surface area contributed by atoms with Gasteiger partial charge in [0.15, 0.2) is 0 Å². The average Bonchev–Trinajstić information content (AvgIpc) is 2.75. The third-order valence-electron chi connectivity index (χ3n) is 2.79. The third-order valence-corrected chi connectivity index (χ3v) is 3.24. The molecule has 0 fully saturated rings. The van der Waals surface area contributed by atoms with Crippen molar-refractivity contribution in [2.24, 2.45) is 5.73 Å². The third kappa shape index (κ3) is 3.04. The maximum Gasteiger partial charge on any atom is 0.416 e. The van der Waals surface area contributed by atoms with Crippen LogP contribution in [-0.2, 0) is 11.7 Å². The van der Waals surface area contributed by atoms with Crippen molar-refractivity contribution in [3.05, 3.63) is 46.5 Å². The summed E-state index contributed by atoms with van der Waals surface area (Å²) in [5, 5.41) is 0. The molecule has 0 bridgehead atoms. The summed E-state index contributed by atoms with van der Waals surface area (Å²) >= 11 is 3.10. The van der Waals surface area contributed by atoms with Crippen LogP contribution in [0.15, 0.2) is 35.2 Å². The molecule has 0 atom stereocenters. The first-order valence-electron chi connectivity index (χ1n) is 5.79. The molecule has 0 spiro atoms. The lowest BCUT2D eigenvalue weighted by molar-refractivity contribution is -0.137. The minimum absolute atomic E-state index is 0.344. The van der Waals surface area contributed by atoms with Gasteiger partial charge >= 0.3 is 6.18 Å². The Morgan fingerprint density at radius 3 is 2.40 bits per heavy atom. The standard InChI is InChI=1S/C13H13BrF3N3/c1-12(2,18)11-6-19-7-20(11)10-4-8(13(15,16)17)3-9(14)5-10/h3-7H,18H2,1-2H3. The molecule has 2 N–H and O–H groups in total. The highest BCUT2D eigenvalue weighted by molar-refractivity contribution is 9.10. The van der Waals surface area contributed by atoms with Crippen LogP contribution < -0.4 is 5.73 Å². The number of alkyl halides is 3. The smallest absolute Gasteiger partial charge is 0.321 e. The first-order chi connectivity index (χ1) is 9.09. The molecule has 20 heavy (non-hydrogen) atoms. The Bertz CT molecular complexity index is 627. The molecule has 0 saturated heterocycles. The van der Waals surface area contributed by atoms with Gasteiger partial charge in [0.1, 0.15) is 0 Å². The van der Waals surface area contributed by atoms with E-state index in [2.05, 4.69) is 20.9 Å². The second-order valence-corrected chi connectivity index (χ2v) is 5.98. The number of hydrogen-bond donors (Lipinski definition) is 1. The maximum absolute atomic E-state index is 12.9. The number of imidazole rings is 1. The summed E-state index contributed by atoms with van der Waals surface area (Å²) in [7, 11) is 0. The number of hydrogen-bond acceptors (Lipinski definition) is 2. The van der Waals surface area contributed by atoms with Crippen LogP contribution >= 0.6 is 15.9 Å². The molecule has 1 heterocycles. The zero-order valence-electron chi connectivity index (χ0n) is 10.9. The van der Waals surface area contributed by atoms with Crippen molar-refractivity contribution >= 4 is 15.9 Å². The van der Waals surface area contributed by atoms with Gasteiger partial charge in [0.25, 0.3) is 0 Å². The fraction of sp³-hybridized carbons (Fsp3) is 0.308. The quantitative estimate of drug-likeness (QED) is 0.896. The van der Waals surface area contributed by atoms with Crippen molar-refractivity contribution in [2.75, 3.05) is 0 Å². The van der Waals surface area contributed by atoms with Gasteiger partial charge in [-0.3, -0.25) is 0 Å². The monoisotopic (exact) mass is 347 g/mol. The molecule has 0 radical (unpaired) electrons. The fourth-order valence-corrected chi connectivity index (χ4v) is 2.34. The van der Waals surface area contributed by atoms with Crippen molar-refractivity contribution in [2.45, 2.75) is 25.6 Å². The van der Waals surface area contributed by atoms with Crippen LogP contribution in [0.2, 0.25) is 0 Å². The van der Waals surface area contributed by atoms with Crippen LogP contribution in [0.5, 0.6) is 0 Å². The summed E-state index contributed by atoms with van der Waals surface area (Å²) in [5.74, 6) is 0. The summed E-state index contributed by atoms with van der Waals surface area (Å²) in [6, 6.07) is 3.70. The Balaban J connectivity index is 2.60. The van der Waals surface area contributed by atoms with Crippen molar-refractivity contribution in [1.29, 1.82) is 0 Å². The van der Waals surface area contributed by atoms with E-state index in [1.165, 1.54) is 6.33 Å². The molecular weight excluding hydrogens is 335 g/mol. The maximum atomic E-state index is 12.9. The van der Waals surface area contributed by atoms with E-state index in [4.69, 9.17) is 5.73 Å². The summed E-state index contributed by atoms with van der Waals surface area (Å²) in [6.07, 6.45) is -1.41. The summed E-state index contributed by atoms with van der Waals surface area (Å²) < 4.78 is 40.5. The van der Waals surface area contributed by atoms with Gasteiger partial charge in [0.05, 0.1) is 29.3 Å². The van der Waals surface area contributed by atoms with Crippen LogP contribution in [-0.4, -0.2) is 9.55 Å². The van der Waals surface area contributed by atoms with Gasteiger partial charge in [-0.05, 0) is 32.0 Å². The first kappa shape index (κ1) is 15.1. The summed E-state index contributed by atoms with van der Waals surface area (Å²) in [6.45, 7) is 3.53. The van der Waals surface area contributed by atoms with E-state index < -0.39 is 17.3 Å². The van der Waals surface area contributed by atoms with Crippen LogP contribution in [0, 0.1) is 0 Å². The highest BCUT2D eigenvalue weighted by Crippen LogP contribution is 2.33. The van der Waals surface area contributed by atoms with E-state index in [-0.39, 0.29) is 0 Å². The molecule has 2 aromatic rings. The predicted molar refractivity (Wildman–Crippen MR) is 73.5 cm³/mol. The van der Waals surface area contributed by atoms with E-state index in [9.17, 15) is 13.2 Å². The molecule has 2 rings (SSSR count). The number of aromatic nitrogens is 2. The molecule has 0 aliphatic rings. The van der Waals surface area contributed by atoms with Gasteiger partial charge < -0.3 is 10.3 Å². The van der Waals surface area contributed by atoms with Crippen molar-refractivity contribution < 1.29 is 13.2 Å². The topological polar surface area (TPSA) is 43.8 Å². The summed E-state index contributed by atoms with van der Waals surface area (Å²) in [4.78, 5) is 3.97.